The van der Waals surface area contributed by atoms with Crippen molar-refractivity contribution in [2.75, 3.05) is 52.9 Å². The van der Waals surface area contributed by atoms with Crippen molar-refractivity contribution in [3.63, 3.8) is 0 Å². The number of aliphatic hydroxyl groups is 22. The van der Waals surface area contributed by atoms with Crippen LogP contribution in [0, 0.1) is 0 Å². The fraction of sp³-hybridized carbons (Fsp3) is 0.929. The summed E-state index contributed by atoms with van der Waals surface area (Å²) in [4.78, 5) is 50.7. The van der Waals surface area contributed by atoms with E-state index in [0.29, 0.717) is 0 Å². The normalized spacial score (nSPS) is 48.3. The second-order valence-corrected chi connectivity index (χ2v) is 25.4. The molecule has 4 amide bonds. The van der Waals surface area contributed by atoms with Gasteiger partial charge in [-0.3, -0.25) is 19.2 Å². The van der Waals surface area contributed by atoms with Crippen LogP contribution in [0.5, 0.6) is 0 Å². The largest absolute Gasteiger partial charge is 0.394 e. The number of aliphatic hydroxyl groups excluding tert-OH is 22. The molecule has 8 fully saturated rings. The minimum atomic E-state index is -2.45. The summed E-state index contributed by atoms with van der Waals surface area (Å²) in [5.74, 6) is -3.52. The summed E-state index contributed by atoms with van der Waals surface area (Å²) in [6.45, 7) is -4.38. The Labute approximate surface area is 572 Å². The second-order valence-electron chi connectivity index (χ2n) is 25.4. The van der Waals surface area contributed by atoms with Crippen molar-refractivity contribution >= 4 is 23.6 Å². The van der Waals surface area contributed by atoms with Gasteiger partial charge in [-0.2, -0.15) is 0 Å². The average molecular weight is 1480 g/mol. The number of hydrogen-bond acceptors (Lipinski definition) is 41. The summed E-state index contributed by atoms with van der Waals surface area (Å²) in [5.41, 5.74) is 0. The fourth-order valence-corrected chi connectivity index (χ4v) is 13.0. The molecule has 0 radical (unpaired) electrons. The zero-order valence-corrected chi connectivity index (χ0v) is 54.3. The highest BCUT2D eigenvalue weighted by molar-refractivity contribution is 5.74. The molecule has 0 aromatic heterocycles. The van der Waals surface area contributed by atoms with Crippen LogP contribution in [0.25, 0.3) is 0 Å². The molecular weight excluding hydrogens is 1380 g/mol. The van der Waals surface area contributed by atoms with E-state index in [4.69, 9.17) is 71.1 Å². The van der Waals surface area contributed by atoms with Gasteiger partial charge in [-0.05, 0) is 0 Å². The molecule has 101 heavy (non-hydrogen) atoms. The maximum atomic E-state index is 13.0. The van der Waals surface area contributed by atoms with Crippen LogP contribution in [0.3, 0.4) is 0 Å². The Bertz CT molecular complexity index is 2640. The van der Waals surface area contributed by atoms with Crippen LogP contribution in [-0.2, 0) is 90.2 Å². The molecule has 26 N–H and O–H groups in total. The van der Waals surface area contributed by atoms with Crippen molar-refractivity contribution in [1.82, 2.24) is 21.3 Å². The van der Waals surface area contributed by atoms with E-state index in [1.54, 1.807) is 0 Å². The van der Waals surface area contributed by atoms with E-state index in [-0.39, 0.29) is 0 Å². The number of amides is 4. The lowest BCUT2D eigenvalue weighted by molar-refractivity contribution is -0.388. The van der Waals surface area contributed by atoms with Crippen molar-refractivity contribution in [1.29, 1.82) is 0 Å². The number of carbonyl (C=O) groups is 4. The van der Waals surface area contributed by atoms with Gasteiger partial charge in [0.05, 0.1) is 52.9 Å². The predicted molar refractivity (Wildman–Crippen MR) is 311 cm³/mol. The van der Waals surface area contributed by atoms with Crippen LogP contribution >= 0.6 is 0 Å². The Morgan fingerprint density at radius 3 is 0.842 bits per heavy atom. The van der Waals surface area contributed by atoms with Crippen molar-refractivity contribution in [3.05, 3.63) is 0 Å². The Morgan fingerprint density at radius 1 is 0.257 bits per heavy atom. The van der Waals surface area contributed by atoms with E-state index < -0.39 is 322 Å². The molecule has 0 aliphatic carbocycles. The third-order valence-corrected chi connectivity index (χ3v) is 18.2. The van der Waals surface area contributed by atoms with Crippen molar-refractivity contribution in [3.8, 4) is 0 Å². The SMILES string of the molecule is CC(=O)N[C@@H]1[C@@H](O)[C@H](O[C@@H]2O[C@H](CO)[C@H](O)[C@H](O[C@@H]3O[C@H](CO)[C@@H](O[C@@H]4O[C@H](CO[C@@H]5O[C@H](CO)[C@@H](O[C@@H]6O[C@H](CO)[C@H](O)[C@H](O)[C@H]6O)[C@H](O)[C@H]5NC(C)=O)[C@H](O)[C@H](O[C@@H]5O[C@H](CO)[C@@H](O[C@@H]6O[C@H](CO)[C@H](O)[C@H](O)[C@H]6O)[C@H](O)[C@H]5NC(C)=O)[C@H]4O)[C@H](O)[C@H]3NC(C)=O)[C@H]2O)[C@@H](CO)O[C@H]1O. The predicted octanol–water partition coefficient (Wildman–Crippen LogP) is -17.9. The molecule has 45 heteroatoms. The van der Waals surface area contributed by atoms with E-state index in [1.165, 1.54) is 0 Å². The van der Waals surface area contributed by atoms with Gasteiger partial charge in [0, 0.05) is 27.7 Å². The molecule has 8 aliphatic heterocycles. The van der Waals surface area contributed by atoms with Gasteiger partial charge in [-0.25, -0.2) is 0 Å². The molecule has 8 aliphatic rings. The van der Waals surface area contributed by atoms with Crippen LogP contribution < -0.4 is 21.3 Å². The fourth-order valence-electron chi connectivity index (χ4n) is 13.0. The quantitative estimate of drug-likeness (QED) is 0.0382. The molecule has 40 atom stereocenters. The van der Waals surface area contributed by atoms with Gasteiger partial charge in [-0.15, -0.1) is 0 Å². The van der Waals surface area contributed by atoms with Gasteiger partial charge >= 0.3 is 0 Å². The Balaban J connectivity index is 1.09. The number of nitrogens with one attached hydrogen (secondary N) is 4. The molecule has 8 saturated heterocycles. The van der Waals surface area contributed by atoms with Crippen LogP contribution in [-0.4, -0.2) is 434 Å². The standard InChI is InChI=1S/C56H94N4O41/c1-13(68)57-25-33(76)43(20(8-64)88-49(25)86)98-55-41(84)47(31(74)19(7-63)91-55)100-51-28(60-16(4)71)36(79)46(23(11-67)94-51)99-56-42(85)48(101-52-27(59-15(3)70)35(78)45(22(10-66)93-52)97-54-40(83)38(81)30(73)18(6-62)90-54)32(75)24(95-56)12-87-50-26(58-14(2)69)34(77)44(21(9-65)92-50)96-53-39(82)37(80)29(72)17(5-61)89-53/h17-56,61-67,72-86H,5-12H2,1-4H3,(H,57,68)(H,58,69)(H,59,70)(H,60,71)/t17-,18-,19-,20-,21-,22-,23-,24-,25-,26-,27-,28-,29+,30+,31+,32+,33-,34-,35-,36-,37+,38+,39-,40-,41-,42-,43-,44-,45-,46-,47+,48+,49-,50-,51+,52+,53+,54+,55+,56+/m1/s1. The molecule has 0 saturated carbocycles. The maximum Gasteiger partial charge on any atom is 0.217 e. The number of hydrogen-bond donors (Lipinski definition) is 26. The van der Waals surface area contributed by atoms with E-state index >= 15 is 0 Å². The summed E-state index contributed by atoms with van der Waals surface area (Å²) in [6, 6.07) is -7.27. The lowest BCUT2D eigenvalue weighted by Crippen LogP contribution is -2.71. The van der Waals surface area contributed by atoms with Gasteiger partial charge in [-0.1, -0.05) is 0 Å². The molecule has 45 nitrogen and oxygen atoms in total. The molecular formula is C56H94N4O41. The zero-order chi connectivity index (χ0) is 74.5. The highest BCUT2D eigenvalue weighted by atomic mass is 16.8. The number of carbonyl (C=O) groups excluding carboxylic acids is 4. The molecule has 584 valence electrons. The first-order chi connectivity index (χ1) is 47.8. The smallest absolute Gasteiger partial charge is 0.217 e. The van der Waals surface area contributed by atoms with E-state index in [0.717, 1.165) is 27.7 Å². The van der Waals surface area contributed by atoms with Crippen LogP contribution in [0.2, 0.25) is 0 Å². The summed E-state index contributed by atoms with van der Waals surface area (Å²) in [5, 5.41) is 251. The van der Waals surface area contributed by atoms with Gasteiger partial charge in [0.1, 0.15) is 195 Å². The number of ether oxygens (including phenoxy) is 15. The molecule has 8 heterocycles. The van der Waals surface area contributed by atoms with E-state index in [2.05, 4.69) is 21.3 Å². The molecule has 0 aromatic rings. The Morgan fingerprint density at radius 2 is 0.505 bits per heavy atom. The topological polar surface area (TPSA) is 700 Å². The lowest BCUT2D eigenvalue weighted by Gasteiger charge is -2.51. The highest BCUT2D eigenvalue weighted by Gasteiger charge is 2.60. The monoisotopic (exact) mass is 1480 g/mol. The third-order valence-electron chi connectivity index (χ3n) is 18.2. The molecule has 0 bridgehead atoms. The van der Waals surface area contributed by atoms with Gasteiger partial charge in [0.15, 0.2) is 50.3 Å². The maximum absolute atomic E-state index is 13.0. The van der Waals surface area contributed by atoms with E-state index in [1.807, 2.05) is 0 Å². The lowest BCUT2D eigenvalue weighted by atomic mass is 9.93. The Hall–Kier alpha value is -3.60. The summed E-state index contributed by atoms with van der Waals surface area (Å²) in [7, 11) is 0. The summed E-state index contributed by atoms with van der Waals surface area (Å²) < 4.78 is 87.7. The van der Waals surface area contributed by atoms with Gasteiger partial charge < -0.3 is 205 Å². The van der Waals surface area contributed by atoms with Crippen molar-refractivity contribution in [2.45, 2.75) is 273 Å². The van der Waals surface area contributed by atoms with Crippen molar-refractivity contribution < 1.29 is 203 Å². The van der Waals surface area contributed by atoms with Gasteiger partial charge in [0.2, 0.25) is 23.6 Å². The Kier molecular flexibility index (Phi) is 29.9. The third kappa shape index (κ3) is 18.5. The molecule has 8 rings (SSSR count). The first-order valence-corrected chi connectivity index (χ1v) is 32.1. The summed E-state index contributed by atoms with van der Waals surface area (Å²) in [6.07, 6.45) is -71.8. The highest BCUT2D eigenvalue weighted by Crippen LogP contribution is 2.39. The minimum Gasteiger partial charge on any atom is -0.394 e. The number of rotatable bonds is 26. The zero-order valence-electron chi connectivity index (χ0n) is 54.3. The van der Waals surface area contributed by atoms with Gasteiger partial charge in [0.25, 0.3) is 0 Å². The summed E-state index contributed by atoms with van der Waals surface area (Å²) >= 11 is 0. The minimum absolute atomic E-state index is 0.756. The second kappa shape index (κ2) is 36.3. The molecule has 0 spiro atoms. The van der Waals surface area contributed by atoms with Crippen molar-refractivity contribution in [2.24, 2.45) is 0 Å². The molecule has 0 aromatic carbocycles. The molecule has 0 unspecified atom stereocenters. The van der Waals surface area contributed by atoms with Crippen LogP contribution in [0.15, 0.2) is 0 Å². The first-order valence-electron chi connectivity index (χ1n) is 32.1. The van der Waals surface area contributed by atoms with Crippen LogP contribution in [0.1, 0.15) is 27.7 Å². The first kappa shape index (κ1) is 83.0. The average Bonchev–Trinajstić information content (AvgIpc) is 0.772. The van der Waals surface area contributed by atoms with E-state index in [9.17, 15) is 132 Å². The van der Waals surface area contributed by atoms with Crippen LogP contribution in [0.4, 0.5) is 0 Å².